The van der Waals surface area contributed by atoms with Crippen molar-refractivity contribution in [2.75, 3.05) is 7.05 Å². The molecule has 1 aliphatic rings. The summed E-state index contributed by atoms with van der Waals surface area (Å²) < 4.78 is 16.9. The van der Waals surface area contributed by atoms with Crippen LogP contribution in [-0.2, 0) is 22.1 Å². The largest absolute Gasteiger partial charge is 0.358 e. The van der Waals surface area contributed by atoms with Crippen LogP contribution in [0.4, 0.5) is 10.5 Å². The summed E-state index contributed by atoms with van der Waals surface area (Å²) in [6, 6.07) is 5.25. The summed E-state index contributed by atoms with van der Waals surface area (Å²) in [7, 11) is 1.34. The third-order valence-electron chi connectivity index (χ3n) is 2.31. The summed E-state index contributed by atoms with van der Waals surface area (Å²) >= 11 is -1.84. The lowest BCUT2D eigenvalue weighted by Crippen LogP contribution is -2.28. The van der Waals surface area contributed by atoms with Crippen molar-refractivity contribution in [2.24, 2.45) is 0 Å². The number of carbonyl (C=O) groups excluding carboxylic acids is 1. The van der Waals surface area contributed by atoms with E-state index in [4.69, 9.17) is 4.28 Å². The number of non-ortho nitro benzene ring substituents is 1. The molecule has 0 aliphatic carbocycles. The van der Waals surface area contributed by atoms with Gasteiger partial charge in [-0.1, -0.05) is 12.1 Å². The van der Waals surface area contributed by atoms with Crippen molar-refractivity contribution in [2.45, 2.75) is 6.54 Å². The van der Waals surface area contributed by atoms with E-state index in [0.717, 1.165) is 9.37 Å². The zero-order chi connectivity index (χ0) is 13.3. The topological polar surface area (TPSA) is 93.0 Å². The Balaban J connectivity index is 2.15. The molecule has 1 fully saturated rings. The Morgan fingerprint density at radius 2 is 2.22 bits per heavy atom. The van der Waals surface area contributed by atoms with Crippen molar-refractivity contribution in [3.05, 3.63) is 39.9 Å². The highest BCUT2D eigenvalue weighted by Gasteiger charge is 2.34. The molecule has 8 nitrogen and oxygen atoms in total. The van der Waals surface area contributed by atoms with Gasteiger partial charge in [0.1, 0.15) is 0 Å². The molecule has 1 aromatic rings. The van der Waals surface area contributed by atoms with Gasteiger partial charge in [0.2, 0.25) is 0 Å². The van der Waals surface area contributed by atoms with E-state index in [1.54, 1.807) is 6.07 Å². The number of rotatable bonds is 3. The Hall–Kier alpha value is -2.00. The second-order valence-electron chi connectivity index (χ2n) is 3.54. The van der Waals surface area contributed by atoms with Crippen LogP contribution >= 0.6 is 0 Å². The monoisotopic (exact) mass is 271 g/mol. The highest BCUT2D eigenvalue weighted by Crippen LogP contribution is 2.19. The Morgan fingerprint density at radius 1 is 1.50 bits per heavy atom. The minimum atomic E-state index is -1.84. The van der Waals surface area contributed by atoms with Gasteiger partial charge in [0.05, 0.1) is 11.5 Å². The average molecular weight is 271 g/mol. The van der Waals surface area contributed by atoms with Crippen LogP contribution in [0.25, 0.3) is 0 Å². The molecule has 1 aliphatic heterocycles. The maximum absolute atomic E-state index is 11.5. The zero-order valence-corrected chi connectivity index (χ0v) is 10.1. The molecule has 2 amide bonds. The second kappa shape index (κ2) is 4.70. The Kier molecular flexibility index (Phi) is 3.26. The summed E-state index contributed by atoms with van der Waals surface area (Å²) in [5.41, 5.74) is 0.443. The summed E-state index contributed by atoms with van der Waals surface area (Å²) in [6.45, 7) is -0.00338. The average Bonchev–Trinajstić information content (AvgIpc) is 2.57. The first-order valence-electron chi connectivity index (χ1n) is 4.88. The molecule has 9 heteroatoms. The smallest absolute Gasteiger partial charge is 0.258 e. The lowest BCUT2D eigenvalue weighted by atomic mass is 10.2. The van der Waals surface area contributed by atoms with Crippen LogP contribution in [0.15, 0.2) is 24.3 Å². The van der Waals surface area contributed by atoms with Gasteiger partial charge in [-0.2, -0.15) is 5.06 Å². The molecule has 0 bridgehead atoms. The predicted molar refractivity (Wildman–Crippen MR) is 61.0 cm³/mol. The first-order valence-corrected chi connectivity index (χ1v) is 5.91. The highest BCUT2D eigenvalue weighted by atomic mass is 32.2. The van der Waals surface area contributed by atoms with Crippen LogP contribution in [0, 0.1) is 10.1 Å². The maximum atomic E-state index is 11.5. The molecule has 18 heavy (non-hydrogen) atoms. The number of nitro benzene ring substituents is 1. The molecular weight excluding hydrogens is 262 g/mol. The molecular formula is C9H9N3O5S. The molecule has 2 rings (SSSR count). The fraction of sp³-hybridized carbons (Fsp3) is 0.222. The molecule has 1 heterocycles. The van der Waals surface area contributed by atoms with E-state index in [1.165, 1.54) is 25.2 Å². The van der Waals surface area contributed by atoms with E-state index in [0.29, 0.717) is 5.56 Å². The molecule has 0 spiro atoms. The molecule has 96 valence electrons. The van der Waals surface area contributed by atoms with Crippen LogP contribution in [0.5, 0.6) is 0 Å². The summed E-state index contributed by atoms with van der Waals surface area (Å²) in [4.78, 5) is 21.6. The minimum Gasteiger partial charge on any atom is -0.258 e. The quantitative estimate of drug-likeness (QED) is 0.603. The number of hydrogen-bond donors (Lipinski definition) is 0. The lowest BCUT2D eigenvalue weighted by Gasteiger charge is -2.10. The normalized spacial score (nSPS) is 19.4. The van der Waals surface area contributed by atoms with Gasteiger partial charge >= 0.3 is 6.03 Å². The molecule has 1 unspecified atom stereocenters. The van der Waals surface area contributed by atoms with E-state index < -0.39 is 22.2 Å². The predicted octanol–water partition coefficient (Wildman–Crippen LogP) is 0.973. The van der Waals surface area contributed by atoms with Gasteiger partial charge < -0.3 is 0 Å². The number of hydroxylamine groups is 2. The van der Waals surface area contributed by atoms with Gasteiger partial charge in [-0.3, -0.25) is 10.1 Å². The van der Waals surface area contributed by atoms with E-state index in [2.05, 4.69) is 0 Å². The van der Waals surface area contributed by atoms with Crippen molar-refractivity contribution in [3.63, 3.8) is 0 Å². The highest BCUT2D eigenvalue weighted by molar-refractivity contribution is 7.78. The van der Waals surface area contributed by atoms with Gasteiger partial charge in [0.25, 0.3) is 17.0 Å². The summed E-state index contributed by atoms with van der Waals surface area (Å²) in [6.07, 6.45) is 0. The van der Waals surface area contributed by atoms with Crippen molar-refractivity contribution in [3.8, 4) is 0 Å². The number of nitro groups is 1. The van der Waals surface area contributed by atoms with Gasteiger partial charge in [-0.05, 0) is 5.56 Å². The molecule has 0 radical (unpaired) electrons. The van der Waals surface area contributed by atoms with Crippen LogP contribution < -0.4 is 0 Å². The second-order valence-corrected chi connectivity index (χ2v) is 4.67. The molecule has 0 saturated carbocycles. The zero-order valence-electron chi connectivity index (χ0n) is 9.31. The van der Waals surface area contributed by atoms with Gasteiger partial charge in [0, 0.05) is 19.2 Å². The summed E-state index contributed by atoms with van der Waals surface area (Å²) in [5, 5.41) is 11.5. The van der Waals surface area contributed by atoms with Crippen molar-refractivity contribution in [1.82, 2.24) is 9.37 Å². The molecule has 1 saturated heterocycles. The maximum Gasteiger partial charge on any atom is 0.358 e. The van der Waals surface area contributed by atoms with Gasteiger partial charge in [-0.25, -0.2) is 13.3 Å². The van der Waals surface area contributed by atoms with Crippen LogP contribution in [0.3, 0.4) is 0 Å². The van der Waals surface area contributed by atoms with Gasteiger partial charge in [-0.15, -0.1) is 4.28 Å². The number of amides is 2. The molecule has 1 aromatic carbocycles. The van der Waals surface area contributed by atoms with E-state index >= 15 is 0 Å². The van der Waals surface area contributed by atoms with Crippen LogP contribution in [0.1, 0.15) is 5.56 Å². The standard InChI is InChI=1S/C9H9N3O5S/c1-10-9(13)11(17-18(10)16)6-7-3-2-4-8(5-7)12(14)15/h2-5H,6H2,1H3. The van der Waals surface area contributed by atoms with Crippen LogP contribution in [-0.4, -0.2) is 31.6 Å². The molecule has 0 aromatic heterocycles. The van der Waals surface area contributed by atoms with Crippen molar-refractivity contribution < 1.29 is 18.2 Å². The number of nitrogens with zero attached hydrogens (tertiary/aromatic N) is 3. The number of benzene rings is 1. The number of carbonyl (C=O) groups is 1. The third-order valence-corrected chi connectivity index (χ3v) is 3.22. The SMILES string of the molecule is CN1C(=O)N(Cc2cccc([N+](=O)[O-])c2)OS1=O. The summed E-state index contributed by atoms with van der Waals surface area (Å²) in [5.74, 6) is 0. The lowest BCUT2D eigenvalue weighted by molar-refractivity contribution is -0.384. The first kappa shape index (κ1) is 12.5. The minimum absolute atomic E-state index is 0.00338. The van der Waals surface area contributed by atoms with E-state index in [1.807, 2.05) is 0 Å². The van der Waals surface area contributed by atoms with Crippen molar-refractivity contribution >= 4 is 23.0 Å². The molecule has 1 atom stereocenters. The Bertz CT molecular complexity index is 535. The number of hydrogen-bond acceptors (Lipinski definition) is 5. The van der Waals surface area contributed by atoms with Gasteiger partial charge in [0.15, 0.2) is 0 Å². The van der Waals surface area contributed by atoms with Crippen LogP contribution in [0.2, 0.25) is 0 Å². The number of urea groups is 1. The molecule has 0 N–H and O–H groups in total. The fourth-order valence-corrected chi connectivity index (χ4v) is 2.00. The third kappa shape index (κ3) is 2.31. The van der Waals surface area contributed by atoms with E-state index in [-0.39, 0.29) is 12.2 Å². The first-order chi connectivity index (χ1) is 8.49. The van der Waals surface area contributed by atoms with Crippen molar-refractivity contribution in [1.29, 1.82) is 0 Å². The van der Waals surface area contributed by atoms with E-state index in [9.17, 15) is 19.1 Å². The fourth-order valence-electron chi connectivity index (χ4n) is 1.41. The Morgan fingerprint density at radius 3 is 2.78 bits per heavy atom. The Labute approximate surface area is 105 Å².